The molecule has 21 heavy (non-hydrogen) atoms. The first-order chi connectivity index (χ1) is 10.1. The zero-order valence-corrected chi connectivity index (χ0v) is 13.2. The van der Waals surface area contributed by atoms with Gasteiger partial charge in [-0.2, -0.15) is 17.0 Å². The second-order valence-corrected chi connectivity index (χ2v) is 7.24. The quantitative estimate of drug-likeness (QED) is 0.845. The first-order valence-electron chi connectivity index (χ1n) is 7.33. The van der Waals surface area contributed by atoms with Crippen LogP contribution in [0.4, 0.5) is 0 Å². The second kappa shape index (κ2) is 7.31. The Morgan fingerprint density at radius 2 is 1.95 bits per heavy atom. The molecule has 1 saturated heterocycles. The molecule has 2 rings (SSSR count). The number of hydrogen-bond acceptors (Lipinski definition) is 4. The van der Waals surface area contributed by atoms with Gasteiger partial charge in [0.15, 0.2) is 0 Å². The van der Waals surface area contributed by atoms with Crippen LogP contribution in [0.25, 0.3) is 0 Å². The van der Waals surface area contributed by atoms with Crippen LogP contribution in [0.5, 0.6) is 0 Å². The summed E-state index contributed by atoms with van der Waals surface area (Å²) in [7, 11) is -3.44. The third-order valence-electron chi connectivity index (χ3n) is 3.95. The molecule has 0 amide bonds. The van der Waals surface area contributed by atoms with Gasteiger partial charge in [-0.25, -0.2) is 0 Å². The Bertz CT molecular complexity index is 528. The van der Waals surface area contributed by atoms with E-state index in [9.17, 15) is 8.42 Å². The van der Waals surface area contributed by atoms with Crippen molar-refractivity contribution in [3.63, 3.8) is 0 Å². The molecular weight excluding hydrogens is 290 g/mol. The maximum absolute atomic E-state index is 12.7. The monoisotopic (exact) mass is 313 g/mol. The van der Waals surface area contributed by atoms with Crippen molar-refractivity contribution in [3.8, 4) is 0 Å². The summed E-state index contributed by atoms with van der Waals surface area (Å²) in [5.41, 5.74) is 0.931. The van der Waals surface area contributed by atoms with Crippen molar-refractivity contribution in [1.82, 2.24) is 13.6 Å². The van der Waals surface area contributed by atoms with Gasteiger partial charge in [0.25, 0.3) is 10.2 Å². The molecule has 0 spiro atoms. The van der Waals surface area contributed by atoms with Crippen molar-refractivity contribution in [3.05, 3.63) is 30.1 Å². The van der Waals surface area contributed by atoms with Gasteiger partial charge in [-0.1, -0.05) is 6.92 Å². The maximum atomic E-state index is 12.7. The zero-order valence-electron chi connectivity index (χ0n) is 12.4. The SMILES string of the molecule is CCN(Cc1ccncc1)S(=O)(=O)N1CCC(CO)CC1. The van der Waals surface area contributed by atoms with E-state index in [4.69, 9.17) is 5.11 Å². The largest absolute Gasteiger partial charge is 0.396 e. The number of rotatable bonds is 6. The molecule has 1 aliphatic heterocycles. The lowest BCUT2D eigenvalue weighted by atomic mass is 10.00. The van der Waals surface area contributed by atoms with E-state index in [-0.39, 0.29) is 12.5 Å². The van der Waals surface area contributed by atoms with Crippen molar-refractivity contribution in [1.29, 1.82) is 0 Å². The fraction of sp³-hybridized carbons (Fsp3) is 0.643. The molecule has 1 aliphatic rings. The van der Waals surface area contributed by atoms with Gasteiger partial charge in [0.05, 0.1) is 0 Å². The number of nitrogens with zero attached hydrogens (tertiary/aromatic N) is 3. The zero-order chi connectivity index (χ0) is 15.3. The van der Waals surface area contributed by atoms with E-state index >= 15 is 0 Å². The van der Waals surface area contributed by atoms with Gasteiger partial charge >= 0.3 is 0 Å². The smallest absolute Gasteiger partial charge is 0.282 e. The number of aliphatic hydroxyl groups excluding tert-OH is 1. The Morgan fingerprint density at radius 3 is 2.48 bits per heavy atom. The van der Waals surface area contributed by atoms with Crippen LogP contribution in [0.2, 0.25) is 0 Å². The molecule has 1 N–H and O–H groups in total. The topological polar surface area (TPSA) is 73.7 Å². The minimum absolute atomic E-state index is 0.141. The van der Waals surface area contributed by atoms with Crippen LogP contribution in [0.3, 0.4) is 0 Å². The molecule has 118 valence electrons. The van der Waals surface area contributed by atoms with Crippen LogP contribution < -0.4 is 0 Å². The predicted octanol–water partition coefficient (Wildman–Crippen LogP) is 0.853. The van der Waals surface area contributed by atoms with E-state index in [1.807, 2.05) is 19.1 Å². The Balaban J connectivity index is 2.06. The van der Waals surface area contributed by atoms with E-state index < -0.39 is 10.2 Å². The third-order valence-corrected chi connectivity index (χ3v) is 6.00. The van der Waals surface area contributed by atoms with E-state index in [2.05, 4.69) is 4.98 Å². The van der Waals surface area contributed by atoms with Crippen molar-refractivity contribution < 1.29 is 13.5 Å². The summed E-state index contributed by atoms with van der Waals surface area (Å²) in [6.45, 7) is 3.76. The Labute approximate surface area is 126 Å². The molecule has 7 heteroatoms. The first kappa shape index (κ1) is 16.4. The minimum atomic E-state index is -3.44. The number of pyridine rings is 1. The lowest BCUT2D eigenvalue weighted by Gasteiger charge is -2.34. The fourth-order valence-electron chi connectivity index (χ4n) is 2.53. The van der Waals surface area contributed by atoms with Crippen LogP contribution in [0.15, 0.2) is 24.5 Å². The number of hydrogen-bond donors (Lipinski definition) is 1. The van der Waals surface area contributed by atoms with Gasteiger partial charge in [-0.3, -0.25) is 4.98 Å². The molecule has 0 aliphatic carbocycles. The minimum Gasteiger partial charge on any atom is -0.396 e. The Hall–Kier alpha value is -1.02. The maximum Gasteiger partial charge on any atom is 0.282 e. The van der Waals surface area contributed by atoms with E-state index in [0.29, 0.717) is 26.2 Å². The van der Waals surface area contributed by atoms with Gasteiger partial charge in [-0.15, -0.1) is 0 Å². The van der Waals surface area contributed by atoms with Crippen LogP contribution in [0, 0.1) is 5.92 Å². The molecule has 1 aromatic heterocycles. The average Bonchev–Trinajstić information content (AvgIpc) is 2.53. The van der Waals surface area contributed by atoms with Crippen molar-refractivity contribution in [2.45, 2.75) is 26.3 Å². The van der Waals surface area contributed by atoms with Crippen molar-refractivity contribution in [2.75, 3.05) is 26.2 Å². The van der Waals surface area contributed by atoms with Crippen molar-refractivity contribution in [2.24, 2.45) is 5.92 Å². The number of piperidine rings is 1. The van der Waals surface area contributed by atoms with Gasteiger partial charge in [0.1, 0.15) is 0 Å². The van der Waals surface area contributed by atoms with Gasteiger partial charge in [0, 0.05) is 45.2 Å². The highest BCUT2D eigenvalue weighted by Crippen LogP contribution is 2.21. The molecule has 0 aromatic carbocycles. The summed E-state index contributed by atoms with van der Waals surface area (Å²) >= 11 is 0. The molecule has 1 aromatic rings. The summed E-state index contributed by atoms with van der Waals surface area (Å²) in [6.07, 6.45) is 4.79. The number of aromatic nitrogens is 1. The Kier molecular flexibility index (Phi) is 5.69. The molecule has 0 atom stereocenters. The van der Waals surface area contributed by atoms with Crippen LogP contribution in [0.1, 0.15) is 25.3 Å². The molecule has 0 saturated carbocycles. The molecule has 0 bridgehead atoms. The first-order valence-corrected chi connectivity index (χ1v) is 8.72. The Morgan fingerprint density at radius 1 is 1.33 bits per heavy atom. The summed E-state index contributed by atoms with van der Waals surface area (Å²) in [5.74, 6) is 0.228. The van der Waals surface area contributed by atoms with Gasteiger partial charge in [-0.05, 0) is 36.5 Å². The van der Waals surface area contributed by atoms with Crippen LogP contribution in [-0.2, 0) is 16.8 Å². The number of aliphatic hydroxyl groups is 1. The highest BCUT2D eigenvalue weighted by atomic mass is 32.2. The summed E-state index contributed by atoms with van der Waals surface area (Å²) in [5, 5.41) is 9.15. The molecule has 0 unspecified atom stereocenters. The molecule has 6 nitrogen and oxygen atoms in total. The molecule has 2 heterocycles. The molecular formula is C14H23N3O3S. The third kappa shape index (κ3) is 4.00. The predicted molar refractivity (Wildman–Crippen MR) is 80.6 cm³/mol. The highest BCUT2D eigenvalue weighted by Gasteiger charge is 2.31. The summed E-state index contributed by atoms with van der Waals surface area (Å²) in [6, 6.07) is 3.66. The van der Waals surface area contributed by atoms with Gasteiger partial charge < -0.3 is 5.11 Å². The van der Waals surface area contributed by atoms with Crippen LogP contribution in [-0.4, -0.2) is 53.4 Å². The van der Waals surface area contributed by atoms with Crippen LogP contribution >= 0.6 is 0 Å². The van der Waals surface area contributed by atoms with Gasteiger partial charge in [0.2, 0.25) is 0 Å². The van der Waals surface area contributed by atoms with Crippen molar-refractivity contribution >= 4 is 10.2 Å². The van der Waals surface area contributed by atoms with E-state index in [0.717, 1.165) is 18.4 Å². The van der Waals surface area contributed by atoms with E-state index in [1.165, 1.54) is 8.61 Å². The lowest BCUT2D eigenvalue weighted by Crippen LogP contribution is -2.47. The standard InChI is InChI=1S/C14H23N3O3S/c1-2-16(11-13-3-7-15-8-4-13)21(19,20)17-9-5-14(12-18)6-10-17/h3-4,7-8,14,18H,2,5-6,9-12H2,1H3. The normalized spacial score (nSPS) is 18.2. The van der Waals surface area contributed by atoms with E-state index in [1.54, 1.807) is 12.4 Å². The summed E-state index contributed by atoms with van der Waals surface area (Å²) < 4.78 is 28.4. The second-order valence-electron chi connectivity index (χ2n) is 5.31. The highest BCUT2D eigenvalue weighted by molar-refractivity contribution is 7.86. The summed E-state index contributed by atoms with van der Waals surface area (Å²) in [4.78, 5) is 3.95. The lowest BCUT2D eigenvalue weighted by molar-refractivity contribution is 0.166. The molecule has 0 radical (unpaired) electrons. The average molecular weight is 313 g/mol. The molecule has 1 fully saturated rings. The fourth-order valence-corrected chi connectivity index (χ4v) is 4.17.